The van der Waals surface area contributed by atoms with Crippen molar-refractivity contribution in [2.24, 2.45) is 11.3 Å². The maximum Gasteiger partial charge on any atom is 0.225 e. The van der Waals surface area contributed by atoms with Gasteiger partial charge >= 0.3 is 0 Å². The van der Waals surface area contributed by atoms with Gasteiger partial charge in [-0.2, -0.15) is 5.26 Å². The Morgan fingerprint density at radius 2 is 2.00 bits per heavy atom. The highest BCUT2D eigenvalue weighted by atomic mass is 16.2. The minimum absolute atomic E-state index is 0.101. The van der Waals surface area contributed by atoms with Gasteiger partial charge in [-0.3, -0.25) is 4.79 Å². The number of likely N-dealkylation sites (tertiary alicyclic amines) is 1. The van der Waals surface area contributed by atoms with Crippen LogP contribution in [0.25, 0.3) is 0 Å². The number of piperidine rings is 1. The third-order valence-electron chi connectivity index (χ3n) is 4.08. The van der Waals surface area contributed by atoms with E-state index in [0.29, 0.717) is 12.5 Å². The molecular weight excluding hydrogens is 250 g/mol. The molecule has 1 fully saturated rings. The van der Waals surface area contributed by atoms with Gasteiger partial charge < -0.3 is 10.2 Å². The lowest BCUT2D eigenvalue weighted by Gasteiger charge is -2.35. The molecule has 1 N–H and O–H groups in total. The Morgan fingerprint density at radius 1 is 1.40 bits per heavy atom. The van der Waals surface area contributed by atoms with Crippen LogP contribution < -0.4 is 5.32 Å². The van der Waals surface area contributed by atoms with Gasteiger partial charge in [0.2, 0.25) is 5.91 Å². The third kappa shape index (κ3) is 5.50. The molecule has 1 aliphatic rings. The van der Waals surface area contributed by atoms with E-state index in [9.17, 15) is 4.79 Å². The van der Waals surface area contributed by atoms with Crippen molar-refractivity contribution in [1.82, 2.24) is 10.2 Å². The molecule has 0 aromatic heterocycles. The number of nitrogens with one attached hydrogen (secondary N) is 1. The molecule has 0 bridgehead atoms. The number of nitrogens with zero attached hydrogens (tertiary/aromatic N) is 2. The summed E-state index contributed by atoms with van der Waals surface area (Å²) in [5.41, 5.74) is 0.167. The van der Waals surface area contributed by atoms with Crippen molar-refractivity contribution in [3.63, 3.8) is 0 Å². The molecule has 4 nitrogen and oxygen atoms in total. The molecule has 0 aromatic rings. The van der Waals surface area contributed by atoms with E-state index in [0.717, 1.165) is 38.9 Å². The van der Waals surface area contributed by atoms with Crippen LogP contribution in [0.2, 0.25) is 0 Å². The van der Waals surface area contributed by atoms with Crippen molar-refractivity contribution in [1.29, 1.82) is 5.26 Å². The third-order valence-corrected chi connectivity index (χ3v) is 4.08. The quantitative estimate of drug-likeness (QED) is 0.813. The average molecular weight is 279 g/mol. The maximum atomic E-state index is 11.9. The van der Waals surface area contributed by atoms with Crippen molar-refractivity contribution in [2.75, 3.05) is 19.6 Å². The topological polar surface area (TPSA) is 56.1 Å². The average Bonchev–Trinajstić information content (AvgIpc) is 2.43. The Bertz CT molecular complexity index is 349. The van der Waals surface area contributed by atoms with Crippen LogP contribution >= 0.6 is 0 Å². The van der Waals surface area contributed by atoms with Crippen LogP contribution in [0.4, 0.5) is 0 Å². The Balaban J connectivity index is 2.29. The number of rotatable bonds is 6. The molecule has 0 unspecified atom stereocenters. The van der Waals surface area contributed by atoms with Crippen molar-refractivity contribution in [2.45, 2.75) is 59.4 Å². The summed E-state index contributed by atoms with van der Waals surface area (Å²) in [6.07, 6.45) is 3.62. The van der Waals surface area contributed by atoms with Crippen molar-refractivity contribution >= 4 is 5.91 Å². The standard InChI is InChI=1S/C16H29N3O/c1-13(2)15(20)19-10-6-14(7-11-19)18-12-16(3,4)8-5-9-17/h13-14,18H,5-8,10-12H2,1-4H3. The fourth-order valence-electron chi connectivity index (χ4n) is 2.57. The largest absolute Gasteiger partial charge is 0.342 e. The Hall–Kier alpha value is -1.08. The minimum Gasteiger partial charge on any atom is -0.342 e. The van der Waals surface area contributed by atoms with Gasteiger partial charge in [-0.05, 0) is 24.7 Å². The summed E-state index contributed by atoms with van der Waals surface area (Å²) < 4.78 is 0. The van der Waals surface area contributed by atoms with E-state index in [1.807, 2.05) is 18.7 Å². The van der Waals surface area contributed by atoms with Gasteiger partial charge in [-0.15, -0.1) is 0 Å². The second kappa shape index (κ2) is 7.64. The molecule has 0 radical (unpaired) electrons. The molecule has 1 amide bonds. The molecule has 20 heavy (non-hydrogen) atoms. The monoisotopic (exact) mass is 279 g/mol. The summed E-state index contributed by atoms with van der Waals surface area (Å²) in [6, 6.07) is 2.73. The predicted octanol–water partition coefficient (Wildman–Crippen LogP) is 2.55. The highest BCUT2D eigenvalue weighted by molar-refractivity contribution is 5.78. The zero-order valence-corrected chi connectivity index (χ0v) is 13.4. The van der Waals surface area contributed by atoms with Crippen LogP contribution in [0.1, 0.15) is 53.4 Å². The van der Waals surface area contributed by atoms with E-state index in [1.165, 1.54) is 0 Å². The first-order valence-corrected chi connectivity index (χ1v) is 7.75. The van der Waals surface area contributed by atoms with Gasteiger partial charge in [0, 0.05) is 38.0 Å². The maximum absolute atomic E-state index is 11.9. The van der Waals surface area contributed by atoms with Crippen molar-refractivity contribution in [3.8, 4) is 6.07 Å². The second-order valence-corrected chi connectivity index (χ2v) is 6.96. The normalized spacial score (nSPS) is 17.3. The smallest absolute Gasteiger partial charge is 0.225 e. The molecule has 1 heterocycles. The summed E-state index contributed by atoms with van der Waals surface area (Å²) in [7, 11) is 0. The number of hydrogen-bond acceptors (Lipinski definition) is 3. The number of carbonyl (C=O) groups is 1. The van der Waals surface area contributed by atoms with E-state index in [1.54, 1.807) is 0 Å². The molecule has 4 heteroatoms. The van der Waals surface area contributed by atoms with Crippen LogP contribution in [-0.4, -0.2) is 36.5 Å². The molecule has 1 saturated heterocycles. The fraction of sp³-hybridized carbons (Fsp3) is 0.875. The SMILES string of the molecule is CC(C)C(=O)N1CCC(NCC(C)(C)CCC#N)CC1. The van der Waals surface area contributed by atoms with Crippen LogP contribution in [0.5, 0.6) is 0 Å². The van der Waals surface area contributed by atoms with Gasteiger partial charge in [0.15, 0.2) is 0 Å². The highest BCUT2D eigenvalue weighted by Gasteiger charge is 2.25. The predicted molar refractivity (Wildman–Crippen MR) is 81.1 cm³/mol. The zero-order valence-electron chi connectivity index (χ0n) is 13.4. The van der Waals surface area contributed by atoms with Gasteiger partial charge in [-0.25, -0.2) is 0 Å². The molecule has 0 aliphatic carbocycles. The molecule has 0 aromatic carbocycles. The molecule has 0 saturated carbocycles. The first-order valence-electron chi connectivity index (χ1n) is 7.75. The van der Waals surface area contributed by atoms with Crippen molar-refractivity contribution < 1.29 is 4.79 Å². The lowest BCUT2D eigenvalue weighted by Crippen LogP contribution is -2.47. The number of carbonyl (C=O) groups excluding carboxylic acids is 1. The lowest BCUT2D eigenvalue weighted by molar-refractivity contribution is -0.135. The van der Waals surface area contributed by atoms with Crippen LogP contribution in [0.3, 0.4) is 0 Å². The van der Waals surface area contributed by atoms with Crippen LogP contribution in [0.15, 0.2) is 0 Å². The van der Waals surface area contributed by atoms with E-state index in [-0.39, 0.29) is 17.2 Å². The van der Waals surface area contributed by atoms with Gasteiger partial charge in [-0.1, -0.05) is 27.7 Å². The summed E-state index contributed by atoms with van der Waals surface area (Å²) >= 11 is 0. The highest BCUT2D eigenvalue weighted by Crippen LogP contribution is 2.22. The number of hydrogen-bond donors (Lipinski definition) is 1. The van der Waals surface area contributed by atoms with E-state index < -0.39 is 0 Å². The lowest BCUT2D eigenvalue weighted by atomic mass is 9.87. The first-order chi connectivity index (χ1) is 9.35. The van der Waals surface area contributed by atoms with Crippen molar-refractivity contribution in [3.05, 3.63) is 0 Å². The molecule has 1 aliphatic heterocycles. The summed E-state index contributed by atoms with van der Waals surface area (Å²) in [4.78, 5) is 13.9. The molecule has 0 spiro atoms. The summed E-state index contributed by atoms with van der Waals surface area (Å²) in [6.45, 7) is 11.0. The van der Waals surface area contributed by atoms with Gasteiger partial charge in [0.1, 0.15) is 0 Å². The molecule has 114 valence electrons. The number of nitriles is 1. The summed E-state index contributed by atoms with van der Waals surface area (Å²) in [5.74, 6) is 0.377. The van der Waals surface area contributed by atoms with E-state index in [4.69, 9.17) is 5.26 Å². The van der Waals surface area contributed by atoms with Gasteiger partial charge in [0.25, 0.3) is 0 Å². The Labute approximate surface area is 123 Å². The Kier molecular flexibility index (Phi) is 6.48. The molecular formula is C16H29N3O. The van der Waals surface area contributed by atoms with Crippen LogP contribution in [-0.2, 0) is 4.79 Å². The van der Waals surface area contributed by atoms with Crippen LogP contribution in [0, 0.1) is 22.7 Å². The van der Waals surface area contributed by atoms with E-state index >= 15 is 0 Å². The first kappa shape index (κ1) is 17.0. The second-order valence-electron chi connectivity index (χ2n) is 6.96. The summed E-state index contributed by atoms with van der Waals surface area (Å²) in [5, 5.41) is 12.3. The Morgan fingerprint density at radius 3 is 2.50 bits per heavy atom. The minimum atomic E-state index is 0.101. The van der Waals surface area contributed by atoms with Gasteiger partial charge in [0.05, 0.1) is 6.07 Å². The number of amides is 1. The zero-order chi connectivity index (χ0) is 15.2. The molecule has 1 rings (SSSR count). The molecule has 0 atom stereocenters. The van der Waals surface area contributed by atoms with E-state index in [2.05, 4.69) is 25.2 Å². The fourth-order valence-corrected chi connectivity index (χ4v) is 2.57.